The fraction of sp³-hybridized carbons (Fsp3) is 0.143. The van der Waals surface area contributed by atoms with Crippen molar-refractivity contribution in [3.8, 4) is 0 Å². The minimum absolute atomic E-state index is 0.219. The molecule has 0 bridgehead atoms. The van der Waals surface area contributed by atoms with Gasteiger partial charge in [-0.1, -0.05) is 6.07 Å². The van der Waals surface area contributed by atoms with Crippen molar-refractivity contribution in [1.29, 1.82) is 0 Å². The van der Waals surface area contributed by atoms with Crippen LogP contribution in [0.15, 0.2) is 45.8 Å². The molecule has 0 fully saturated rings. The van der Waals surface area contributed by atoms with Gasteiger partial charge in [-0.15, -0.1) is 0 Å². The number of amides is 1. The summed E-state index contributed by atoms with van der Waals surface area (Å²) in [5.41, 5.74) is 2.36. The first-order chi connectivity index (χ1) is 9.72. The van der Waals surface area contributed by atoms with Crippen LogP contribution in [0, 0.1) is 0 Å². The molecule has 3 rings (SSSR count). The minimum Gasteiger partial charge on any atom is -0.459 e. The fourth-order valence-electron chi connectivity index (χ4n) is 2.05. The van der Waals surface area contributed by atoms with Crippen LogP contribution >= 0.6 is 0 Å². The van der Waals surface area contributed by atoms with Gasteiger partial charge in [-0.3, -0.25) is 4.79 Å². The molecule has 0 saturated heterocycles. The van der Waals surface area contributed by atoms with Crippen molar-refractivity contribution in [2.75, 3.05) is 6.54 Å². The Labute approximate surface area is 113 Å². The number of H-pyrrole nitrogens is 2. The van der Waals surface area contributed by atoms with E-state index in [4.69, 9.17) is 4.42 Å². The van der Waals surface area contributed by atoms with Gasteiger partial charge in [0.2, 0.25) is 0 Å². The van der Waals surface area contributed by atoms with E-state index in [1.165, 1.54) is 6.26 Å². The van der Waals surface area contributed by atoms with Crippen LogP contribution in [-0.4, -0.2) is 22.4 Å². The van der Waals surface area contributed by atoms with Crippen LogP contribution in [0.1, 0.15) is 16.1 Å². The summed E-state index contributed by atoms with van der Waals surface area (Å²) in [5.74, 6) is 0.0709. The molecule has 0 atom stereocenters. The predicted molar refractivity (Wildman–Crippen MR) is 73.7 cm³/mol. The molecule has 20 heavy (non-hydrogen) atoms. The molecule has 102 valence electrons. The van der Waals surface area contributed by atoms with Crippen LogP contribution < -0.4 is 11.0 Å². The lowest BCUT2D eigenvalue weighted by molar-refractivity contribution is 0.0926. The summed E-state index contributed by atoms with van der Waals surface area (Å²) in [5, 5.41) is 2.77. The third-order valence-electron chi connectivity index (χ3n) is 3.02. The number of furan rings is 1. The van der Waals surface area contributed by atoms with E-state index in [1.807, 2.05) is 18.2 Å². The van der Waals surface area contributed by atoms with Crippen molar-refractivity contribution in [2.45, 2.75) is 6.42 Å². The predicted octanol–water partition coefficient (Wildman–Crippen LogP) is 1.42. The lowest BCUT2D eigenvalue weighted by atomic mass is 10.1. The Bertz CT molecular complexity index is 783. The zero-order chi connectivity index (χ0) is 13.9. The Morgan fingerprint density at radius 1 is 1.20 bits per heavy atom. The largest absolute Gasteiger partial charge is 0.459 e. The van der Waals surface area contributed by atoms with E-state index in [0.29, 0.717) is 18.7 Å². The molecule has 0 aliphatic carbocycles. The number of aromatic nitrogens is 2. The molecular formula is C14H13N3O3. The maximum atomic E-state index is 11.7. The Kier molecular flexibility index (Phi) is 3.12. The summed E-state index contributed by atoms with van der Waals surface area (Å²) in [6.45, 7) is 0.500. The Morgan fingerprint density at radius 3 is 2.85 bits per heavy atom. The smallest absolute Gasteiger partial charge is 0.323 e. The normalized spacial score (nSPS) is 10.8. The molecule has 2 heterocycles. The minimum atomic E-state index is -0.230. The van der Waals surface area contributed by atoms with Crippen molar-refractivity contribution in [1.82, 2.24) is 15.3 Å². The van der Waals surface area contributed by atoms with Gasteiger partial charge < -0.3 is 19.7 Å². The standard InChI is InChI=1S/C14H13N3O3/c18-13(12-2-1-7-20-12)15-6-5-9-3-4-10-11(8-9)17-14(19)16-10/h1-4,7-8H,5-6H2,(H,15,18)(H2,16,17,19). The molecule has 0 aliphatic heterocycles. The second-order valence-electron chi connectivity index (χ2n) is 4.44. The molecular weight excluding hydrogens is 258 g/mol. The van der Waals surface area contributed by atoms with E-state index in [2.05, 4.69) is 15.3 Å². The summed E-state index contributed by atoms with van der Waals surface area (Å²) in [4.78, 5) is 28.2. The van der Waals surface area contributed by atoms with Gasteiger partial charge in [0.15, 0.2) is 5.76 Å². The second-order valence-corrected chi connectivity index (χ2v) is 4.44. The van der Waals surface area contributed by atoms with Gasteiger partial charge in [0.1, 0.15) is 0 Å². The summed E-state index contributed by atoms with van der Waals surface area (Å²) in [6.07, 6.45) is 2.14. The first-order valence-electron chi connectivity index (χ1n) is 6.25. The highest BCUT2D eigenvalue weighted by molar-refractivity contribution is 5.91. The van der Waals surface area contributed by atoms with Gasteiger partial charge in [0.05, 0.1) is 17.3 Å². The molecule has 0 radical (unpaired) electrons. The molecule has 0 unspecified atom stereocenters. The van der Waals surface area contributed by atoms with Crippen LogP contribution in [0.5, 0.6) is 0 Å². The summed E-state index contributed by atoms with van der Waals surface area (Å²) < 4.78 is 5.00. The monoisotopic (exact) mass is 271 g/mol. The van der Waals surface area contributed by atoms with E-state index >= 15 is 0 Å². The van der Waals surface area contributed by atoms with Gasteiger partial charge in [-0.2, -0.15) is 0 Å². The van der Waals surface area contributed by atoms with Crippen molar-refractivity contribution in [2.24, 2.45) is 0 Å². The van der Waals surface area contributed by atoms with E-state index in [0.717, 1.165) is 16.6 Å². The first kappa shape index (κ1) is 12.3. The van der Waals surface area contributed by atoms with Crippen LogP contribution in [0.2, 0.25) is 0 Å². The van der Waals surface area contributed by atoms with E-state index in [9.17, 15) is 9.59 Å². The van der Waals surface area contributed by atoms with Gasteiger partial charge in [0.25, 0.3) is 5.91 Å². The topological polar surface area (TPSA) is 90.9 Å². The number of fused-ring (bicyclic) bond motifs is 1. The molecule has 2 aromatic heterocycles. The lowest BCUT2D eigenvalue weighted by Gasteiger charge is -2.03. The molecule has 3 N–H and O–H groups in total. The van der Waals surface area contributed by atoms with Crippen LogP contribution in [0.4, 0.5) is 0 Å². The number of carbonyl (C=O) groups is 1. The Hall–Kier alpha value is -2.76. The first-order valence-corrected chi connectivity index (χ1v) is 6.25. The third-order valence-corrected chi connectivity index (χ3v) is 3.02. The number of nitrogens with one attached hydrogen (secondary N) is 3. The number of carbonyl (C=O) groups excluding carboxylic acids is 1. The number of rotatable bonds is 4. The number of hydrogen-bond acceptors (Lipinski definition) is 3. The third kappa shape index (κ3) is 2.49. The average molecular weight is 271 g/mol. The van der Waals surface area contributed by atoms with Crippen LogP contribution in [0.25, 0.3) is 11.0 Å². The fourth-order valence-corrected chi connectivity index (χ4v) is 2.05. The molecule has 0 saturated carbocycles. The van der Waals surface area contributed by atoms with Gasteiger partial charge in [0, 0.05) is 6.54 Å². The highest BCUT2D eigenvalue weighted by atomic mass is 16.3. The molecule has 0 aliphatic rings. The van der Waals surface area contributed by atoms with Crippen molar-refractivity contribution in [3.05, 3.63) is 58.4 Å². The zero-order valence-corrected chi connectivity index (χ0v) is 10.6. The molecule has 6 heteroatoms. The average Bonchev–Trinajstić information content (AvgIpc) is 3.05. The van der Waals surface area contributed by atoms with Crippen molar-refractivity contribution in [3.63, 3.8) is 0 Å². The Morgan fingerprint density at radius 2 is 2.05 bits per heavy atom. The van der Waals surface area contributed by atoms with Gasteiger partial charge in [-0.05, 0) is 36.2 Å². The summed E-state index contributed by atoms with van der Waals surface area (Å²) >= 11 is 0. The molecule has 3 aromatic rings. The maximum Gasteiger partial charge on any atom is 0.323 e. The quantitative estimate of drug-likeness (QED) is 0.670. The van der Waals surface area contributed by atoms with Crippen LogP contribution in [-0.2, 0) is 6.42 Å². The molecule has 0 spiro atoms. The summed E-state index contributed by atoms with van der Waals surface area (Å²) in [6, 6.07) is 8.95. The van der Waals surface area contributed by atoms with E-state index < -0.39 is 0 Å². The summed E-state index contributed by atoms with van der Waals surface area (Å²) in [7, 11) is 0. The lowest BCUT2D eigenvalue weighted by Crippen LogP contribution is -2.25. The van der Waals surface area contributed by atoms with Crippen LogP contribution in [0.3, 0.4) is 0 Å². The molecule has 1 amide bonds. The Balaban J connectivity index is 1.62. The molecule has 1 aromatic carbocycles. The van der Waals surface area contributed by atoms with E-state index in [-0.39, 0.29) is 11.6 Å². The molecule has 6 nitrogen and oxygen atoms in total. The van der Waals surface area contributed by atoms with Crippen molar-refractivity contribution >= 4 is 16.9 Å². The number of benzene rings is 1. The number of hydrogen-bond donors (Lipinski definition) is 3. The SMILES string of the molecule is O=C(NCCc1ccc2[nH]c(=O)[nH]c2c1)c1ccco1. The highest BCUT2D eigenvalue weighted by Crippen LogP contribution is 2.10. The van der Waals surface area contributed by atoms with E-state index in [1.54, 1.807) is 12.1 Å². The second kappa shape index (κ2) is 5.08. The van der Waals surface area contributed by atoms with Gasteiger partial charge >= 0.3 is 5.69 Å². The zero-order valence-electron chi connectivity index (χ0n) is 10.6. The number of imidazole rings is 1. The van der Waals surface area contributed by atoms with Crippen molar-refractivity contribution < 1.29 is 9.21 Å². The highest BCUT2D eigenvalue weighted by Gasteiger charge is 2.07. The number of aromatic amines is 2. The maximum absolute atomic E-state index is 11.7. The van der Waals surface area contributed by atoms with Gasteiger partial charge in [-0.25, -0.2) is 4.79 Å².